The number of hydrogen-bond donors (Lipinski definition) is 1. The highest BCUT2D eigenvalue weighted by molar-refractivity contribution is 5.76. The van der Waals surface area contributed by atoms with Crippen molar-refractivity contribution in [3.63, 3.8) is 0 Å². The van der Waals surface area contributed by atoms with E-state index in [0.717, 1.165) is 38.8 Å². The van der Waals surface area contributed by atoms with Crippen LogP contribution in [0, 0.1) is 0 Å². The number of hydrogen-bond acceptors (Lipinski definition) is 3. The van der Waals surface area contributed by atoms with Gasteiger partial charge in [-0.3, -0.25) is 4.79 Å². The lowest BCUT2D eigenvalue weighted by molar-refractivity contribution is -0.138. The predicted molar refractivity (Wildman–Crippen MR) is 82.4 cm³/mol. The van der Waals surface area contributed by atoms with Gasteiger partial charge in [0, 0.05) is 32.2 Å². The van der Waals surface area contributed by atoms with Crippen molar-refractivity contribution in [2.75, 3.05) is 40.3 Å². The monoisotopic (exact) mass is 299 g/mol. The zero-order valence-electron chi connectivity index (χ0n) is 13.5. The van der Waals surface area contributed by atoms with Crippen LogP contribution in [-0.4, -0.2) is 78.1 Å². The molecule has 0 aromatic rings. The van der Waals surface area contributed by atoms with Gasteiger partial charge in [-0.15, -0.1) is 0 Å². The summed E-state index contributed by atoms with van der Waals surface area (Å²) < 4.78 is 0. The summed E-state index contributed by atoms with van der Waals surface area (Å²) in [6, 6.07) is -0.146. The van der Waals surface area contributed by atoms with Crippen LogP contribution in [-0.2, 0) is 4.79 Å². The summed E-state index contributed by atoms with van der Waals surface area (Å²) in [6.45, 7) is 4.97. The quantitative estimate of drug-likeness (QED) is 0.777. The average Bonchev–Trinajstić information content (AvgIpc) is 2.42. The van der Waals surface area contributed by atoms with Crippen molar-refractivity contribution >= 4 is 12.0 Å². The molecule has 1 aliphatic heterocycles. The number of carboxylic acid groups (broad SMARTS) is 1. The lowest BCUT2D eigenvalue weighted by atomic mass is 10.00. The fourth-order valence-corrected chi connectivity index (χ4v) is 2.74. The van der Waals surface area contributed by atoms with Crippen molar-refractivity contribution in [3.8, 4) is 0 Å². The Balaban J connectivity index is 2.71. The smallest absolute Gasteiger partial charge is 0.320 e. The van der Waals surface area contributed by atoms with Gasteiger partial charge < -0.3 is 19.8 Å². The lowest BCUT2D eigenvalue weighted by Gasteiger charge is -2.38. The number of amides is 2. The maximum Gasteiger partial charge on any atom is 0.320 e. The Morgan fingerprint density at radius 1 is 1.19 bits per heavy atom. The van der Waals surface area contributed by atoms with Crippen molar-refractivity contribution in [3.05, 3.63) is 0 Å². The molecule has 6 heteroatoms. The third-order valence-electron chi connectivity index (χ3n) is 3.86. The number of nitrogens with zero attached hydrogens (tertiary/aromatic N) is 3. The fraction of sp³-hybridized carbons (Fsp3) is 0.867. The molecule has 2 amide bonds. The van der Waals surface area contributed by atoms with E-state index in [0.29, 0.717) is 13.1 Å². The van der Waals surface area contributed by atoms with Gasteiger partial charge in [0.2, 0.25) is 0 Å². The number of likely N-dealkylation sites (N-methyl/N-ethyl adjacent to an activating group) is 1. The Kier molecular flexibility index (Phi) is 7.50. The summed E-state index contributed by atoms with van der Waals surface area (Å²) in [5.74, 6) is -0.824. The van der Waals surface area contributed by atoms with E-state index in [4.69, 9.17) is 5.11 Å². The van der Waals surface area contributed by atoms with Crippen molar-refractivity contribution in [2.24, 2.45) is 0 Å². The highest BCUT2D eigenvalue weighted by atomic mass is 16.4. The van der Waals surface area contributed by atoms with Crippen LogP contribution in [0.25, 0.3) is 0 Å². The Bertz CT molecular complexity index is 347. The Morgan fingerprint density at radius 3 is 2.48 bits per heavy atom. The minimum absolute atomic E-state index is 0.00431. The molecule has 1 rings (SSSR count). The van der Waals surface area contributed by atoms with E-state index >= 15 is 0 Å². The Labute approximate surface area is 127 Å². The summed E-state index contributed by atoms with van der Waals surface area (Å²) in [6.07, 6.45) is 3.74. The largest absolute Gasteiger partial charge is 0.481 e. The fourth-order valence-electron chi connectivity index (χ4n) is 2.74. The first-order valence-corrected chi connectivity index (χ1v) is 7.87. The Hall–Kier alpha value is -1.30. The predicted octanol–water partition coefficient (Wildman–Crippen LogP) is 1.71. The van der Waals surface area contributed by atoms with Crippen LogP contribution in [0.1, 0.15) is 39.0 Å². The van der Waals surface area contributed by atoms with E-state index in [-0.39, 0.29) is 18.5 Å². The van der Waals surface area contributed by atoms with E-state index < -0.39 is 5.97 Å². The van der Waals surface area contributed by atoms with Gasteiger partial charge in [-0.2, -0.15) is 0 Å². The van der Waals surface area contributed by atoms with E-state index in [1.807, 2.05) is 19.0 Å². The lowest BCUT2D eigenvalue weighted by Crippen LogP contribution is -2.52. The summed E-state index contributed by atoms with van der Waals surface area (Å²) in [4.78, 5) is 29.4. The van der Waals surface area contributed by atoms with Gasteiger partial charge >= 0.3 is 12.0 Å². The first kappa shape index (κ1) is 17.8. The topological polar surface area (TPSA) is 64.1 Å². The first-order chi connectivity index (χ1) is 9.95. The molecule has 122 valence electrons. The minimum Gasteiger partial charge on any atom is -0.481 e. The van der Waals surface area contributed by atoms with Crippen molar-refractivity contribution < 1.29 is 14.7 Å². The van der Waals surface area contributed by atoms with Gasteiger partial charge in [0.25, 0.3) is 0 Å². The van der Waals surface area contributed by atoms with Crippen LogP contribution in [0.3, 0.4) is 0 Å². The number of carboxylic acids is 1. The number of piperidine rings is 1. The van der Waals surface area contributed by atoms with Crippen LogP contribution in [0.5, 0.6) is 0 Å². The van der Waals surface area contributed by atoms with Crippen LogP contribution in [0.4, 0.5) is 4.79 Å². The van der Waals surface area contributed by atoms with Gasteiger partial charge in [-0.1, -0.05) is 6.92 Å². The zero-order valence-corrected chi connectivity index (χ0v) is 13.5. The van der Waals surface area contributed by atoms with E-state index in [1.165, 1.54) is 0 Å². The minimum atomic E-state index is -0.824. The molecule has 21 heavy (non-hydrogen) atoms. The van der Waals surface area contributed by atoms with Crippen LogP contribution < -0.4 is 0 Å². The van der Waals surface area contributed by atoms with Crippen molar-refractivity contribution in [2.45, 2.75) is 45.1 Å². The zero-order chi connectivity index (χ0) is 15.8. The molecule has 1 fully saturated rings. The average molecular weight is 299 g/mol. The molecule has 1 N–H and O–H groups in total. The number of rotatable bonds is 7. The highest BCUT2D eigenvalue weighted by Gasteiger charge is 2.30. The summed E-state index contributed by atoms with van der Waals surface area (Å²) in [5.41, 5.74) is 0. The Morgan fingerprint density at radius 2 is 1.90 bits per heavy atom. The molecule has 0 radical (unpaired) electrons. The third-order valence-corrected chi connectivity index (χ3v) is 3.86. The molecule has 0 aromatic heterocycles. The molecule has 1 heterocycles. The second-order valence-corrected chi connectivity index (χ2v) is 6.01. The second kappa shape index (κ2) is 8.87. The standard InChI is InChI=1S/C15H29N3O3/c1-4-8-17(11-10-16(2)3)15(21)18-9-6-5-7-13(18)12-14(19)20/h13H,4-12H2,1-3H3,(H,19,20). The summed E-state index contributed by atoms with van der Waals surface area (Å²) >= 11 is 0. The van der Waals surface area contributed by atoms with E-state index in [1.54, 1.807) is 4.90 Å². The molecular formula is C15H29N3O3. The number of carbonyl (C=O) groups is 2. The SMILES string of the molecule is CCCN(CCN(C)C)C(=O)N1CCCCC1CC(=O)O. The van der Waals surface area contributed by atoms with Crippen molar-refractivity contribution in [1.82, 2.24) is 14.7 Å². The number of likely N-dealkylation sites (tertiary alicyclic amines) is 1. The molecule has 1 atom stereocenters. The molecule has 1 aliphatic rings. The maximum atomic E-state index is 12.7. The highest BCUT2D eigenvalue weighted by Crippen LogP contribution is 2.21. The molecule has 0 spiro atoms. The molecule has 0 saturated carbocycles. The van der Waals surface area contributed by atoms with Crippen LogP contribution in [0.2, 0.25) is 0 Å². The molecular weight excluding hydrogens is 270 g/mol. The normalized spacial score (nSPS) is 18.9. The van der Waals surface area contributed by atoms with Crippen LogP contribution >= 0.6 is 0 Å². The number of urea groups is 1. The molecule has 1 unspecified atom stereocenters. The summed E-state index contributed by atoms with van der Waals surface area (Å²) in [7, 11) is 3.98. The third kappa shape index (κ3) is 5.91. The van der Waals surface area contributed by atoms with E-state index in [2.05, 4.69) is 11.8 Å². The molecule has 0 bridgehead atoms. The molecule has 1 saturated heterocycles. The molecule has 0 aromatic carbocycles. The first-order valence-electron chi connectivity index (χ1n) is 7.87. The molecule has 0 aliphatic carbocycles. The maximum absolute atomic E-state index is 12.7. The molecule has 6 nitrogen and oxygen atoms in total. The second-order valence-electron chi connectivity index (χ2n) is 6.01. The van der Waals surface area contributed by atoms with Gasteiger partial charge in [-0.05, 0) is 39.8 Å². The number of carbonyl (C=O) groups excluding carboxylic acids is 1. The van der Waals surface area contributed by atoms with Gasteiger partial charge in [0.1, 0.15) is 0 Å². The van der Waals surface area contributed by atoms with Crippen molar-refractivity contribution in [1.29, 1.82) is 0 Å². The van der Waals surface area contributed by atoms with Gasteiger partial charge in [0.05, 0.1) is 6.42 Å². The van der Waals surface area contributed by atoms with Gasteiger partial charge in [-0.25, -0.2) is 4.79 Å². The summed E-state index contributed by atoms with van der Waals surface area (Å²) in [5, 5.41) is 9.03. The van der Waals surface area contributed by atoms with Gasteiger partial charge in [0.15, 0.2) is 0 Å². The van der Waals surface area contributed by atoms with E-state index in [9.17, 15) is 9.59 Å². The van der Waals surface area contributed by atoms with Crippen LogP contribution in [0.15, 0.2) is 0 Å². The number of aliphatic carboxylic acids is 1.